The Labute approximate surface area is 129 Å². The fourth-order valence-electron chi connectivity index (χ4n) is 1.33. The van der Waals surface area contributed by atoms with Crippen molar-refractivity contribution in [2.75, 3.05) is 33.2 Å². The van der Waals surface area contributed by atoms with E-state index in [1.54, 1.807) is 0 Å². The lowest BCUT2D eigenvalue weighted by Gasteiger charge is -2.22. The van der Waals surface area contributed by atoms with Gasteiger partial charge in [-0.15, -0.1) is 30.4 Å². The van der Waals surface area contributed by atoms with E-state index in [9.17, 15) is 0 Å². The summed E-state index contributed by atoms with van der Waals surface area (Å²) < 4.78 is 0. The van der Waals surface area contributed by atoms with Crippen LogP contribution in [0.1, 0.15) is 27.2 Å². The van der Waals surface area contributed by atoms with Gasteiger partial charge in [-0.3, -0.25) is 4.99 Å². The molecular weight excluding hydrogens is 339 g/mol. The first-order valence-electron chi connectivity index (χ1n) is 6.31. The van der Waals surface area contributed by atoms with Gasteiger partial charge in [-0.05, 0) is 27.3 Å². The minimum Gasteiger partial charge on any atom is -0.357 e. The summed E-state index contributed by atoms with van der Waals surface area (Å²) in [5.74, 6) is 3.34. The Morgan fingerprint density at radius 3 is 2.56 bits per heavy atom. The second-order valence-corrected chi connectivity index (χ2v) is 4.06. The summed E-state index contributed by atoms with van der Waals surface area (Å²) in [7, 11) is 2.13. The van der Waals surface area contributed by atoms with Crippen molar-refractivity contribution in [3.8, 4) is 12.3 Å². The molecule has 0 spiro atoms. The summed E-state index contributed by atoms with van der Waals surface area (Å²) in [6, 6.07) is 0.603. The molecule has 1 atom stereocenters. The molecule has 0 aliphatic rings. The van der Waals surface area contributed by atoms with Crippen LogP contribution < -0.4 is 10.6 Å². The van der Waals surface area contributed by atoms with Gasteiger partial charge in [-0.1, -0.05) is 12.8 Å². The Balaban J connectivity index is 0. The van der Waals surface area contributed by atoms with E-state index in [1.165, 1.54) is 0 Å². The topological polar surface area (TPSA) is 39.7 Å². The van der Waals surface area contributed by atoms with Gasteiger partial charge in [0.05, 0.1) is 13.1 Å². The maximum Gasteiger partial charge on any atom is 0.192 e. The molecule has 4 nitrogen and oxygen atoms in total. The first kappa shape index (κ1) is 19.9. The van der Waals surface area contributed by atoms with Crippen molar-refractivity contribution < 1.29 is 0 Å². The smallest absolute Gasteiger partial charge is 0.192 e. The standard InChI is InChI=1S/C13H26N4.HI/c1-6-9-15-13(14-8-3)16-10-11-17(5)12(4)7-2;/h1,12H,7-11H2,2-5H3,(H2,14,15,16);1H. The lowest BCUT2D eigenvalue weighted by atomic mass is 10.2. The molecule has 0 aliphatic heterocycles. The van der Waals surface area contributed by atoms with Crippen molar-refractivity contribution in [2.24, 2.45) is 4.99 Å². The summed E-state index contributed by atoms with van der Waals surface area (Å²) >= 11 is 0. The van der Waals surface area contributed by atoms with Gasteiger partial charge >= 0.3 is 0 Å². The molecule has 18 heavy (non-hydrogen) atoms. The molecule has 1 unspecified atom stereocenters. The molecule has 0 amide bonds. The molecule has 0 bridgehead atoms. The van der Waals surface area contributed by atoms with Gasteiger partial charge in [-0.25, -0.2) is 0 Å². The Hall–Kier alpha value is -0.480. The number of likely N-dealkylation sites (N-methyl/N-ethyl adjacent to an activating group) is 1. The molecule has 0 fully saturated rings. The van der Waals surface area contributed by atoms with Crippen LogP contribution in [0, 0.1) is 12.3 Å². The number of nitrogens with one attached hydrogen (secondary N) is 2. The average Bonchev–Trinajstić information content (AvgIpc) is 2.34. The van der Waals surface area contributed by atoms with Gasteiger partial charge < -0.3 is 15.5 Å². The number of aliphatic imine (C=N–C) groups is 1. The van der Waals surface area contributed by atoms with E-state index in [2.05, 4.69) is 47.3 Å². The number of rotatable bonds is 7. The van der Waals surface area contributed by atoms with Crippen LogP contribution in [0.5, 0.6) is 0 Å². The van der Waals surface area contributed by atoms with Gasteiger partial charge in [-0.2, -0.15) is 0 Å². The molecule has 0 aromatic rings. The van der Waals surface area contributed by atoms with E-state index >= 15 is 0 Å². The third-order valence-corrected chi connectivity index (χ3v) is 2.77. The quantitative estimate of drug-likeness (QED) is 0.311. The highest BCUT2D eigenvalue weighted by atomic mass is 127. The number of halogens is 1. The van der Waals surface area contributed by atoms with Gasteiger partial charge in [0, 0.05) is 19.1 Å². The van der Waals surface area contributed by atoms with Crippen LogP contribution in [-0.4, -0.2) is 50.1 Å². The largest absolute Gasteiger partial charge is 0.357 e. The predicted molar refractivity (Wildman–Crippen MR) is 90.6 cm³/mol. The fraction of sp³-hybridized carbons (Fsp3) is 0.769. The summed E-state index contributed by atoms with van der Waals surface area (Å²) in [5.41, 5.74) is 0. The first-order valence-corrected chi connectivity index (χ1v) is 6.31. The van der Waals surface area contributed by atoms with Crippen LogP contribution in [0.15, 0.2) is 4.99 Å². The normalized spacial score (nSPS) is 12.6. The summed E-state index contributed by atoms with van der Waals surface area (Å²) in [6.07, 6.45) is 6.37. The minimum atomic E-state index is 0. The van der Waals surface area contributed by atoms with Gasteiger partial charge in [0.15, 0.2) is 5.96 Å². The molecule has 0 heterocycles. The van der Waals surface area contributed by atoms with E-state index in [4.69, 9.17) is 6.42 Å². The van der Waals surface area contributed by atoms with E-state index in [-0.39, 0.29) is 24.0 Å². The van der Waals surface area contributed by atoms with Crippen LogP contribution in [0.25, 0.3) is 0 Å². The van der Waals surface area contributed by atoms with Crippen LogP contribution in [0.4, 0.5) is 0 Å². The second-order valence-electron chi connectivity index (χ2n) is 4.06. The Bertz CT molecular complexity index is 260. The summed E-state index contributed by atoms with van der Waals surface area (Å²) in [6.45, 7) is 9.56. The van der Waals surface area contributed by atoms with Gasteiger partial charge in [0.2, 0.25) is 0 Å². The van der Waals surface area contributed by atoms with Crippen molar-refractivity contribution in [1.82, 2.24) is 15.5 Å². The summed E-state index contributed by atoms with van der Waals surface area (Å²) in [4.78, 5) is 6.78. The molecule has 0 radical (unpaired) electrons. The lowest BCUT2D eigenvalue weighted by Crippen LogP contribution is -2.38. The van der Waals surface area contributed by atoms with Crippen LogP contribution >= 0.6 is 24.0 Å². The molecule has 2 N–H and O–H groups in total. The third-order valence-electron chi connectivity index (χ3n) is 2.77. The Morgan fingerprint density at radius 2 is 2.06 bits per heavy atom. The van der Waals surface area contributed by atoms with Gasteiger partial charge in [0.1, 0.15) is 0 Å². The fourth-order valence-corrected chi connectivity index (χ4v) is 1.33. The van der Waals surface area contributed by atoms with Crippen molar-refractivity contribution in [3.05, 3.63) is 0 Å². The van der Waals surface area contributed by atoms with Crippen molar-refractivity contribution in [2.45, 2.75) is 33.2 Å². The highest BCUT2D eigenvalue weighted by molar-refractivity contribution is 14.0. The second kappa shape index (κ2) is 13.0. The highest BCUT2D eigenvalue weighted by Gasteiger charge is 2.05. The predicted octanol–water partition coefficient (Wildman–Crippen LogP) is 1.52. The van der Waals surface area contributed by atoms with Crippen molar-refractivity contribution >= 4 is 29.9 Å². The minimum absolute atomic E-state index is 0. The molecular formula is C13H27IN4. The zero-order chi connectivity index (χ0) is 13.1. The zero-order valence-electron chi connectivity index (χ0n) is 12.0. The third kappa shape index (κ3) is 9.54. The van der Waals surface area contributed by atoms with E-state index < -0.39 is 0 Å². The van der Waals surface area contributed by atoms with E-state index in [0.717, 1.165) is 32.0 Å². The van der Waals surface area contributed by atoms with E-state index in [1.807, 2.05) is 6.92 Å². The molecule has 106 valence electrons. The number of nitrogens with zero attached hydrogens (tertiary/aromatic N) is 2. The zero-order valence-corrected chi connectivity index (χ0v) is 14.3. The summed E-state index contributed by atoms with van der Waals surface area (Å²) in [5, 5.41) is 6.23. The van der Waals surface area contributed by atoms with Gasteiger partial charge in [0.25, 0.3) is 0 Å². The number of hydrogen-bond donors (Lipinski definition) is 2. The molecule has 0 aromatic carbocycles. The van der Waals surface area contributed by atoms with E-state index in [0.29, 0.717) is 12.6 Å². The van der Waals surface area contributed by atoms with Crippen LogP contribution in [0.2, 0.25) is 0 Å². The average molecular weight is 366 g/mol. The Kier molecular flexibility index (Phi) is 14.3. The molecule has 0 aliphatic carbocycles. The molecule has 0 saturated carbocycles. The first-order chi connectivity index (χ1) is 8.15. The molecule has 0 aromatic heterocycles. The lowest BCUT2D eigenvalue weighted by molar-refractivity contribution is 0.259. The Morgan fingerprint density at radius 1 is 1.39 bits per heavy atom. The monoisotopic (exact) mass is 366 g/mol. The number of terminal acetylenes is 1. The molecule has 0 rings (SSSR count). The maximum absolute atomic E-state index is 5.20. The molecule has 5 heteroatoms. The molecule has 0 saturated heterocycles. The highest BCUT2D eigenvalue weighted by Crippen LogP contribution is 1.98. The number of guanidine groups is 1. The van der Waals surface area contributed by atoms with Crippen molar-refractivity contribution in [1.29, 1.82) is 0 Å². The number of hydrogen-bond acceptors (Lipinski definition) is 2. The maximum atomic E-state index is 5.20. The van der Waals surface area contributed by atoms with Crippen LogP contribution in [0.3, 0.4) is 0 Å². The van der Waals surface area contributed by atoms with Crippen molar-refractivity contribution in [3.63, 3.8) is 0 Å². The SMILES string of the molecule is C#CCNC(=NCCN(C)C(C)CC)NCC.I. The van der Waals surface area contributed by atoms with Crippen LogP contribution in [-0.2, 0) is 0 Å².